The van der Waals surface area contributed by atoms with Crippen LogP contribution < -0.4 is 17.0 Å². The van der Waals surface area contributed by atoms with Gasteiger partial charge in [-0.2, -0.15) is 0 Å². The molecule has 0 aliphatic heterocycles. The van der Waals surface area contributed by atoms with Gasteiger partial charge in [0.05, 0.1) is 26.7 Å². The maximum absolute atomic E-state index is 10.0. The standard InChI is InChI=1S/C27H50NO.BrH/c1-5-6-7-8-9-10-11-12-13-14-15-16-17-20-23-28(3,4)24-26-21-18-19-22-27(26)25(2)29;/h18-19,21-22,25,29H,5-17,20,23-24H2,1-4H3;1H/q+1;/p-1. The molecule has 0 spiro atoms. The predicted octanol–water partition coefficient (Wildman–Crippen LogP) is 4.80. The van der Waals surface area contributed by atoms with Crippen LogP contribution in [0.1, 0.15) is 121 Å². The van der Waals surface area contributed by atoms with E-state index >= 15 is 0 Å². The largest absolute Gasteiger partial charge is 1.00 e. The molecule has 0 bridgehead atoms. The van der Waals surface area contributed by atoms with Gasteiger partial charge in [0, 0.05) is 5.56 Å². The maximum Gasteiger partial charge on any atom is 0.104 e. The van der Waals surface area contributed by atoms with Crippen molar-refractivity contribution >= 4 is 0 Å². The summed E-state index contributed by atoms with van der Waals surface area (Å²) >= 11 is 0. The Morgan fingerprint density at radius 2 is 1.17 bits per heavy atom. The molecule has 0 saturated carbocycles. The van der Waals surface area contributed by atoms with Crippen molar-refractivity contribution in [2.75, 3.05) is 20.6 Å². The average molecular weight is 485 g/mol. The van der Waals surface area contributed by atoms with Crippen molar-refractivity contribution in [1.29, 1.82) is 0 Å². The molecule has 1 N–H and O–H groups in total. The van der Waals surface area contributed by atoms with Crippen molar-refractivity contribution in [1.82, 2.24) is 0 Å². The molecular weight excluding hydrogens is 434 g/mol. The lowest BCUT2D eigenvalue weighted by Gasteiger charge is -2.31. The number of rotatable bonds is 18. The number of benzene rings is 1. The molecule has 0 heterocycles. The van der Waals surface area contributed by atoms with Crippen LogP contribution in [0.25, 0.3) is 0 Å². The minimum atomic E-state index is -0.382. The molecule has 0 aromatic heterocycles. The number of halogens is 1. The van der Waals surface area contributed by atoms with Crippen LogP contribution in [-0.4, -0.2) is 30.2 Å². The number of hydrogen-bond donors (Lipinski definition) is 1. The van der Waals surface area contributed by atoms with E-state index in [0.717, 1.165) is 16.6 Å². The van der Waals surface area contributed by atoms with Crippen molar-refractivity contribution in [3.63, 3.8) is 0 Å². The van der Waals surface area contributed by atoms with E-state index in [9.17, 15) is 5.11 Å². The Bertz CT molecular complexity index is 515. The Labute approximate surface area is 198 Å². The van der Waals surface area contributed by atoms with Gasteiger partial charge in [-0.05, 0) is 25.3 Å². The van der Waals surface area contributed by atoms with Gasteiger partial charge in [0.1, 0.15) is 6.54 Å². The van der Waals surface area contributed by atoms with Gasteiger partial charge >= 0.3 is 0 Å². The van der Waals surface area contributed by atoms with E-state index in [0.29, 0.717) is 0 Å². The smallest absolute Gasteiger partial charge is 0.104 e. The third kappa shape index (κ3) is 14.6. The SMILES string of the molecule is CCCCCCCCCCCCCCCC[N+](C)(C)Cc1ccccc1C(C)O.[Br-]. The molecule has 3 heteroatoms. The molecule has 1 atom stereocenters. The van der Waals surface area contributed by atoms with Crippen LogP contribution in [0.3, 0.4) is 0 Å². The lowest BCUT2D eigenvalue weighted by molar-refractivity contribution is -0.903. The van der Waals surface area contributed by atoms with Crippen LogP contribution in [0.15, 0.2) is 24.3 Å². The van der Waals surface area contributed by atoms with Gasteiger partial charge in [-0.3, -0.25) is 0 Å². The molecule has 2 nitrogen and oxygen atoms in total. The van der Waals surface area contributed by atoms with E-state index in [2.05, 4.69) is 39.2 Å². The summed E-state index contributed by atoms with van der Waals surface area (Å²) in [4.78, 5) is 0. The second-order valence-electron chi connectivity index (χ2n) is 9.79. The molecule has 0 radical (unpaired) electrons. The summed E-state index contributed by atoms with van der Waals surface area (Å²) in [6.07, 6.45) is 19.4. The van der Waals surface area contributed by atoms with Crippen LogP contribution in [0.2, 0.25) is 0 Å². The highest BCUT2D eigenvalue weighted by Crippen LogP contribution is 2.21. The van der Waals surface area contributed by atoms with Gasteiger partial charge in [0.2, 0.25) is 0 Å². The third-order valence-corrected chi connectivity index (χ3v) is 6.22. The van der Waals surface area contributed by atoms with Gasteiger partial charge in [0.15, 0.2) is 0 Å². The summed E-state index contributed by atoms with van der Waals surface area (Å²) in [6.45, 7) is 6.37. The topological polar surface area (TPSA) is 20.2 Å². The summed E-state index contributed by atoms with van der Waals surface area (Å²) < 4.78 is 1.00. The van der Waals surface area contributed by atoms with Crippen molar-refractivity contribution < 1.29 is 26.6 Å². The van der Waals surface area contributed by atoms with Crippen LogP contribution in [0.4, 0.5) is 0 Å². The van der Waals surface area contributed by atoms with Gasteiger partial charge in [-0.25, -0.2) is 0 Å². The molecule has 0 aliphatic rings. The average Bonchev–Trinajstić information content (AvgIpc) is 2.68. The zero-order chi connectivity index (χ0) is 21.4. The Balaban J connectivity index is 0.00000841. The Hall–Kier alpha value is -0.380. The molecule has 1 rings (SSSR count). The summed E-state index contributed by atoms with van der Waals surface area (Å²) in [5.74, 6) is 0. The van der Waals surface area contributed by atoms with Crippen molar-refractivity contribution in [3.05, 3.63) is 35.4 Å². The highest BCUT2D eigenvalue weighted by Gasteiger charge is 2.18. The van der Waals surface area contributed by atoms with E-state index in [4.69, 9.17) is 0 Å². The quantitative estimate of drug-likeness (QED) is 0.234. The van der Waals surface area contributed by atoms with Crippen molar-refractivity contribution in [3.8, 4) is 0 Å². The lowest BCUT2D eigenvalue weighted by Crippen LogP contribution is -3.00. The third-order valence-electron chi connectivity index (χ3n) is 6.22. The van der Waals surface area contributed by atoms with Crippen LogP contribution in [0.5, 0.6) is 0 Å². The van der Waals surface area contributed by atoms with E-state index in [1.165, 1.54) is 102 Å². The predicted molar refractivity (Wildman–Crippen MR) is 128 cm³/mol. The van der Waals surface area contributed by atoms with Gasteiger partial charge in [-0.1, -0.05) is 108 Å². The number of unbranched alkanes of at least 4 members (excludes halogenated alkanes) is 13. The molecular formula is C27H50BrNO. The van der Waals surface area contributed by atoms with Gasteiger partial charge in [0.25, 0.3) is 0 Å². The van der Waals surface area contributed by atoms with Gasteiger partial charge in [-0.15, -0.1) is 0 Å². The molecule has 0 amide bonds. The first-order chi connectivity index (χ1) is 14.0. The summed E-state index contributed by atoms with van der Waals surface area (Å²) in [6, 6.07) is 8.35. The molecule has 1 aromatic rings. The minimum Gasteiger partial charge on any atom is -1.00 e. The fourth-order valence-corrected chi connectivity index (χ4v) is 4.36. The summed E-state index contributed by atoms with van der Waals surface area (Å²) in [7, 11) is 4.64. The fraction of sp³-hybridized carbons (Fsp3) is 0.778. The second kappa shape index (κ2) is 18.2. The molecule has 176 valence electrons. The summed E-state index contributed by atoms with van der Waals surface area (Å²) in [5, 5.41) is 10.0. The second-order valence-corrected chi connectivity index (χ2v) is 9.79. The van der Waals surface area contributed by atoms with E-state index < -0.39 is 0 Å². The number of aliphatic hydroxyl groups excluding tert-OH is 1. The monoisotopic (exact) mass is 483 g/mol. The first kappa shape index (κ1) is 29.6. The Morgan fingerprint density at radius 1 is 0.733 bits per heavy atom. The number of aliphatic hydroxyl groups is 1. The Morgan fingerprint density at radius 3 is 1.63 bits per heavy atom. The number of hydrogen-bond acceptors (Lipinski definition) is 1. The molecule has 1 aromatic carbocycles. The zero-order valence-electron chi connectivity index (χ0n) is 20.5. The Kier molecular flexibility index (Phi) is 18.0. The van der Waals surface area contributed by atoms with Crippen molar-refractivity contribution in [2.24, 2.45) is 0 Å². The van der Waals surface area contributed by atoms with Crippen LogP contribution in [-0.2, 0) is 6.54 Å². The maximum atomic E-state index is 10.0. The first-order valence-corrected chi connectivity index (χ1v) is 12.5. The number of quaternary nitrogens is 1. The van der Waals surface area contributed by atoms with Gasteiger partial charge < -0.3 is 26.6 Å². The highest BCUT2D eigenvalue weighted by molar-refractivity contribution is 5.28. The normalized spacial score (nSPS) is 12.6. The minimum absolute atomic E-state index is 0. The summed E-state index contributed by atoms with van der Waals surface area (Å²) in [5.41, 5.74) is 2.37. The molecule has 1 unspecified atom stereocenters. The van der Waals surface area contributed by atoms with Crippen LogP contribution in [0, 0.1) is 0 Å². The highest BCUT2D eigenvalue weighted by atomic mass is 79.9. The van der Waals surface area contributed by atoms with Crippen molar-refractivity contribution in [2.45, 2.75) is 116 Å². The van der Waals surface area contributed by atoms with Crippen LogP contribution >= 0.6 is 0 Å². The number of nitrogens with zero attached hydrogens (tertiary/aromatic N) is 1. The molecule has 0 saturated heterocycles. The zero-order valence-corrected chi connectivity index (χ0v) is 22.1. The first-order valence-electron chi connectivity index (χ1n) is 12.5. The molecule has 30 heavy (non-hydrogen) atoms. The fourth-order valence-electron chi connectivity index (χ4n) is 4.36. The van der Waals surface area contributed by atoms with E-state index in [1.54, 1.807) is 0 Å². The van der Waals surface area contributed by atoms with E-state index in [1.807, 2.05) is 13.0 Å². The molecule has 0 aliphatic carbocycles. The molecule has 0 fully saturated rings. The lowest BCUT2D eigenvalue weighted by atomic mass is 10.0. The van der Waals surface area contributed by atoms with E-state index in [-0.39, 0.29) is 23.1 Å².